The number of thiophene rings is 1. The Bertz CT molecular complexity index is 1290. The number of nitrogens with one attached hydrogen (secondary N) is 2. The fourth-order valence-corrected chi connectivity index (χ4v) is 5.36. The number of halogens is 1. The van der Waals surface area contributed by atoms with Gasteiger partial charge in [0, 0.05) is 30.2 Å². The van der Waals surface area contributed by atoms with Crippen LogP contribution < -0.4 is 21.9 Å². The molecule has 2 heterocycles. The van der Waals surface area contributed by atoms with Crippen molar-refractivity contribution in [2.24, 2.45) is 11.8 Å². The summed E-state index contributed by atoms with van der Waals surface area (Å²) < 4.78 is 3.06. The van der Waals surface area contributed by atoms with Crippen LogP contribution in [0.4, 0.5) is 5.69 Å². The largest absolute Gasteiger partial charge is 0.359 e. The topological polar surface area (TPSA) is 102 Å². The Labute approximate surface area is 199 Å². The van der Waals surface area contributed by atoms with Crippen molar-refractivity contribution in [3.05, 3.63) is 61.6 Å². The second-order valence-corrected chi connectivity index (χ2v) is 9.66. The van der Waals surface area contributed by atoms with E-state index in [9.17, 15) is 19.2 Å². The summed E-state index contributed by atoms with van der Waals surface area (Å²) in [5.41, 5.74) is 0.208. The van der Waals surface area contributed by atoms with Gasteiger partial charge in [-0.2, -0.15) is 0 Å². The highest BCUT2D eigenvalue weighted by Gasteiger charge is 2.27. The van der Waals surface area contributed by atoms with Crippen LogP contribution in [0.2, 0.25) is 5.02 Å². The van der Waals surface area contributed by atoms with Crippen molar-refractivity contribution in [3.8, 4) is 0 Å². The molecule has 1 aliphatic carbocycles. The van der Waals surface area contributed by atoms with E-state index in [1.807, 2.05) is 0 Å². The van der Waals surface area contributed by atoms with Gasteiger partial charge in [0.05, 0.1) is 5.52 Å². The molecular weight excluding hydrogens is 464 g/mol. The molecule has 4 rings (SSSR count). The molecule has 0 unspecified atom stereocenters. The standard InChI is InChI=1S/C23H25ClN4O4S/c1-25-21(30)15-4-2-14(3-5-15)12-28-22(31)20-18(10-11-33-20)27(23(28)32)13-19(29)26-17-8-6-16(24)7-9-17/h6-11,14-15H,2-5,12-13H2,1H3,(H,25,30)(H,26,29). The second-order valence-electron chi connectivity index (χ2n) is 8.31. The molecule has 2 aromatic heterocycles. The van der Waals surface area contributed by atoms with Gasteiger partial charge in [0.1, 0.15) is 11.2 Å². The summed E-state index contributed by atoms with van der Waals surface area (Å²) in [6, 6.07) is 8.38. The van der Waals surface area contributed by atoms with Crippen LogP contribution in [0.15, 0.2) is 45.3 Å². The lowest BCUT2D eigenvalue weighted by Gasteiger charge is -2.27. The predicted octanol–water partition coefficient (Wildman–Crippen LogP) is 3.07. The normalized spacial score (nSPS) is 18.2. The average molecular weight is 489 g/mol. The molecule has 2 amide bonds. The smallest absolute Gasteiger partial charge is 0.332 e. The van der Waals surface area contributed by atoms with E-state index in [-0.39, 0.29) is 42.3 Å². The molecule has 3 aromatic rings. The number of hydrogen-bond acceptors (Lipinski definition) is 5. The minimum absolute atomic E-state index is 0.0176. The third-order valence-corrected chi connectivity index (χ3v) is 7.31. The highest BCUT2D eigenvalue weighted by molar-refractivity contribution is 7.17. The van der Waals surface area contributed by atoms with Crippen molar-refractivity contribution < 1.29 is 9.59 Å². The first kappa shape index (κ1) is 23.3. The van der Waals surface area contributed by atoms with E-state index in [1.54, 1.807) is 42.8 Å². The molecule has 10 heteroatoms. The summed E-state index contributed by atoms with van der Waals surface area (Å²) >= 11 is 7.15. The molecule has 33 heavy (non-hydrogen) atoms. The van der Waals surface area contributed by atoms with E-state index in [2.05, 4.69) is 10.6 Å². The molecule has 0 radical (unpaired) electrons. The van der Waals surface area contributed by atoms with Crippen molar-refractivity contribution >= 4 is 50.7 Å². The highest BCUT2D eigenvalue weighted by Crippen LogP contribution is 2.29. The number of carbonyl (C=O) groups excluding carboxylic acids is 2. The second kappa shape index (κ2) is 9.93. The van der Waals surface area contributed by atoms with Gasteiger partial charge in [0.25, 0.3) is 5.56 Å². The van der Waals surface area contributed by atoms with E-state index in [4.69, 9.17) is 11.6 Å². The Morgan fingerprint density at radius 3 is 2.42 bits per heavy atom. The van der Waals surface area contributed by atoms with E-state index >= 15 is 0 Å². The molecule has 0 bridgehead atoms. The van der Waals surface area contributed by atoms with Crippen molar-refractivity contribution in [1.82, 2.24) is 14.5 Å². The first-order valence-electron chi connectivity index (χ1n) is 10.8. The maximum absolute atomic E-state index is 13.3. The third-order valence-electron chi connectivity index (χ3n) is 6.17. The van der Waals surface area contributed by atoms with Crippen LogP contribution in [0.3, 0.4) is 0 Å². The van der Waals surface area contributed by atoms with Crippen molar-refractivity contribution in [2.45, 2.75) is 38.8 Å². The van der Waals surface area contributed by atoms with Crippen LogP contribution in [-0.2, 0) is 22.7 Å². The van der Waals surface area contributed by atoms with Gasteiger partial charge in [0.15, 0.2) is 0 Å². The number of hydrogen-bond donors (Lipinski definition) is 2. The molecule has 2 N–H and O–H groups in total. The van der Waals surface area contributed by atoms with E-state index in [0.717, 1.165) is 25.7 Å². The Morgan fingerprint density at radius 1 is 1.06 bits per heavy atom. The minimum atomic E-state index is -0.495. The Morgan fingerprint density at radius 2 is 1.76 bits per heavy atom. The van der Waals surface area contributed by atoms with Crippen molar-refractivity contribution in [3.63, 3.8) is 0 Å². The monoisotopic (exact) mass is 488 g/mol. The summed E-state index contributed by atoms with van der Waals surface area (Å²) in [5.74, 6) is -0.219. The number of carbonyl (C=O) groups is 2. The van der Waals surface area contributed by atoms with Gasteiger partial charge in [-0.3, -0.25) is 23.5 Å². The molecule has 8 nitrogen and oxygen atoms in total. The summed E-state index contributed by atoms with van der Waals surface area (Å²) in [5, 5.41) is 7.75. The number of rotatable bonds is 6. The molecule has 0 aliphatic heterocycles. The number of benzene rings is 1. The minimum Gasteiger partial charge on any atom is -0.359 e. The number of anilines is 1. The van der Waals surface area contributed by atoms with Gasteiger partial charge in [-0.15, -0.1) is 11.3 Å². The van der Waals surface area contributed by atoms with Gasteiger partial charge in [-0.05, 0) is 67.3 Å². The van der Waals surface area contributed by atoms with Gasteiger partial charge in [-0.1, -0.05) is 11.6 Å². The lowest BCUT2D eigenvalue weighted by atomic mass is 9.81. The molecular formula is C23H25ClN4O4S. The summed E-state index contributed by atoms with van der Waals surface area (Å²) in [4.78, 5) is 50.9. The van der Waals surface area contributed by atoms with Gasteiger partial charge in [0.2, 0.25) is 11.8 Å². The maximum atomic E-state index is 13.3. The first-order valence-corrected chi connectivity index (χ1v) is 12.1. The van der Waals surface area contributed by atoms with E-state index in [0.29, 0.717) is 20.9 Å². The van der Waals surface area contributed by atoms with Crippen LogP contribution in [0.5, 0.6) is 0 Å². The number of aromatic nitrogens is 2. The molecule has 1 aliphatic rings. The Balaban J connectivity index is 1.57. The SMILES string of the molecule is CNC(=O)C1CCC(Cn2c(=O)c3sccc3n(CC(=O)Nc3ccc(Cl)cc3)c2=O)CC1. The zero-order chi connectivity index (χ0) is 23.5. The predicted molar refractivity (Wildman–Crippen MR) is 130 cm³/mol. The lowest BCUT2D eigenvalue weighted by molar-refractivity contribution is -0.125. The Hall–Kier alpha value is -2.91. The molecule has 0 saturated heterocycles. The molecule has 1 aromatic carbocycles. The van der Waals surface area contributed by atoms with Crippen molar-refractivity contribution in [2.75, 3.05) is 12.4 Å². The van der Waals surface area contributed by atoms with Crippen LogP contribution in [0.25, 0.3) is 10.2 Å². The zero-order valence-electron chi connectivity index (χ0n) is 18.2. The lowest BCUT2D eigenvalue weighted by Crippen LogP contribution is -2.43. The molecule has 174 valence electrons. The quantitative estimate of drug-likeness (QED) is 0.556. The first-order chi connectivity index (χ1) is 15.9. The van der Waals surface area contributed by atoms with Gasteiger partial charge in [-0.25, -0.2) is 4.79 Å². The fraction of sp³-hybridized carbons (Fsp3) is 0.391. The number of fused-ring (bicyclic) bond motifs is 1. The third kappa shape index (κ3) is 5.04. The zero-order valence-corrected chi connectivity index (χ0v) is 19.7. The summed E-state index contributed by atoms with van der Waals surface area (Å²) in [6.45, 7) is 0.0726. The molecule has 1 fully saturated rings. The molecule has 0 spiro atoms. The Kier molecular flexibility index (Phi) is 6.99. The van der Waals surface area contributed by atoms with Gasteiger partial charge >= 0.3 is 5.69 Å². The van der Waals surface area contributed by atoms with Crippen molar-refractivity contribution in [1.29, 1.82) is 0 Å². The van der Waals surface area contributed by atoms with Crippen LogP contribution in [0, 0.1) is 11.8 Å². The highest BCUT2D eigenvalue weighted by atomic mass is 35.5. The average Bonchev–Trinajstić information content (AvgIpc) is 3.31. The van der Waals surface area contributed by atoms with Crippen LogP contribution in [0.1, 0.15) is 25.7 Å². The van der Waals surface area contributed by atoms with Gasteiger partial charge < -0.3 is 10.6 Å². The maximum Gasteiger partial charge on any atom is 0.332 e. The fourth-order valence-electron chi connectivity index (χ4n) is 4.39. The number of amides is 2. The number of nitrogens with zero attached hydrogens (tertiary/aromatic N) is 2. The van der Waals surface area contributed by atoms with Crippen LogP contribution in [-0.4, -0.2) is 28.0 Å². The summed E-state index contributed by atoms with van der Waals surface area (Å²) in [6.07, 6.45) is 3.00. The molecule has 1 saturated carbocycles. The van der Waals surface area contributed by atoms with Crippen LogP contribution >= 0.6 is 22.9 Å². The van der Waals surface area contributed by atoms with E-state index < -0.39 is 5.69 Å². The molecule has 0 atom stereocenters. The summed E-state index contributed by atoms with van der Waals surface area (Å²) in [7, 11) is 1.63. The van der Waals surface area contributed by atoms with E-state index in [1.165, 1.54) is 20.5 Å².